The van der Waals surface area contributed by atoms with E-state index in [1.807, 2.05) is 18.3 Å². The molecule has 0 aromatic carbocycles. The summed E-state index contributed by atoms with van der Waals surface area (Å²) in [5.74, 6) is 0.906. The monoisotopic (exact) mass is 288 g/mol. The number of H-pyrrole nitrogens is 1. The van der Waals surface area contributed by atoms with Crippen LogP contribution >= 0.6 is 12.2 Å². The van der Waals surface area contributed by atoms with Crippen molar-refractivity contribution in [2.75, 3.05) is 0 Å². The predicted octanol–water partition coefficient (Wildman–Crippen LogP) is 4.14. The molecule has 1 fully saturated rings. The van der Waals surface area contributed by atoms with Crippen molar-refractivity contribution in [1.82, 2.24) is 19.7 Å². The molecular formula is C15H20N4S. The second kappa shape index (κ2) is 5.13. The normalized spacial score (nSPS) is 21.8. The maximum atomic E-state index is 5.48. The molecule has 0 amide bonds. The van der Waals surface area contributed by atoms with Crippen molar-refractivity contribution in [3.8, 4) is 11.4 Å². The molecule has 2 aromatic rings. The van der Waals surface area contributed by atoms with Crippen LogP contribution in [0.4, 0.5) is 0 Å². The van der Waals surface area contributed by atoms with Gasteiger partial charge in [0, 0.05) is 24.0 Å². The lowest BCUT2D eigenvalue weighted by Gasteiger charge is -2.39. The summed E-state index contributed by atoms with van der Waals surface area (Å²) >= 11 is 5.48. The fraction of sp³-hybridized carbons (Fsp3) is 0.533. The lowest BCUT2D eigenvalue weighted by molar-refractivity contribution is 0.144. The number of hydrogen-bond donors (Lipinski definition) is 1. The van der Waals surface area contributed by atoms with Gasteiger partial charge < -0.3 is 0 Å². The zero-order valence-electron chi connectivity index (χ0n) is 12.0. The molecule has 1 aliphatic carbocycles. The molecule has 2 aromatic heterocycles. The summed E-state index contributed by atoms with van der Waals surface area (Å²) in [5, 5.41) is 7.39. The molecule has 1 saturated carbocycles. The van der Waals surface area contributed by atoms with E-state index in [0.717, 1.165) is 17.8 Å². The topological polar surface area (TPSA) is 46.5 Å². The highest BCUT2D eigenvalue weighted by atomic mass is 32.1. The summed E-state index contributed by atoms with van der Waals surface area (Å²) in [4.78, 5) is 4.19. The van der Waals surface area contributed by atoms with E-state index in [9.17, 15) is 0 Å². The molecule has 0 aliphatic heterocycles. The van der Waals surface area contributed by atoms with Crippen molar-refractivity contribution in [1.29, 1.82) is 0 Å². The lowest BCUT2D eigenvalue weighted by Crippen LogP contribution is -2.31. The minimum Gasteiger partial charge on any atom is -0.296 e. The second-order valence-corrected chi connectivity index (χ2v) is 6.60. The average Bonchev–Trinajstić information content (AvgIpc) is 2.81. The fourth-order valence-electron chi connectivity index (χ4n) is 3.25. The Morgan fingerprint density at radius 3 is 2.95 bits per heavy atom. The number of nitrogens with one attached hydrogen (secondary N) is 1. The molecule has 5 heteroatoms. The van der Waals surface area contributed by atoms with E-state index >= 15 is 0 Å². The summed E-state index contributed by atoms with van der Waals surface area (Å²) in [6, 6.07) is 4.37. The largest absolute Gasteiger partial charge is 0.296 e. The van der Waals surface area contributed by atoms with Gasteiger partial charge in [0.2, 0.25) is 0 Å². The number of nitrogens with zero attached hydrogens (tertiary/aromatic N) is 3. The average molecular weight is 288 g/mol. The van der Waals surface area contributed by atoms with Crippen LogP contribution in [0.1, 0.15) is 45.6 Å². The first-order chi connectivity index (χ1) is 9.59. The van der Waals surface area contributed by atoms with Crippen LogP contribution in [0.15, 0.2) is 24.5 Å². The van der Waals surface area contributed by atoms with Gasteiger partial charge >= 0.3 is 0 Å². The van der Waals surface area contributed by atoms with E-state index in [2.05, 4.69) is 33.6 Å². The molecule has 1 N–H and O–H groups in total. The Labute approximate surface area is 124 Å². The Bertz CT molecular complexity index is 641. The Morgan fingerprint density at radius 1 is 1.40 bits per heavy atom. The number of aromatic nitrogens is 4. The first-order valence-corrected chi connectivity index (χ1v) is 7.58. The van der Waals surface area contributed by atoms with Gasteiger partial charge in [0.25, 0.3) is 0 Å². The van der Waals surface area contributed by atoms with E-state index in [1.54, 1.807) is 6.20 Å². The van der Waals surface area contributed by atoms with Crippen LogP contribution in [0.3, 0.4) is 0 Å². The molecule has 1 atom stereocenters. The van der Waals surface area contributed by atoms with Crippen LogP contribution < -0.4 is 0 Å². The van der Waals surface area contributed by atoms with Gasteiger partial charge in [-0.25, -0.2) is 0 Å². The molecule has 2 heterocycles. The van der Waals surface area contributed by atoms with Crippen molar-refractivity contribution < 1.29 is 0 Å². The highest BCUT2D eigenvalue weighted by Gasteiger charge is 2.35. The van der Waals surface area contributed by atoms with Crippen LogP contribution in [-0.2, 0) is 0 Å². The van der Waals surface area contributed by atoms with Crippen molar-refractivity contribution in [2.24, 2.45) is 5.41 Å². The van der Waals surface area contributed by atoms with E-state index < -0.39 is 0 Å². The highest BCUT2D eigenvalue weighted by Crippen LogP contribution is 2.45. The fourth-order valence-corrected chi connectivity index (χ4v) is 3.51. The van der Waals surface area contributed by atoms with Crippen molar-refractivity contribution in [3.63, 3.8) is 0 Å². The summed E-state index contributed by atoms with van der Waals surface area (Å²) in [6.07, 6.45) is 8.58. The third-order valence-electron chi connectivity index (χ3n) is 4.39. The standard InChI is InChI=1S/C15H20N4S/c1-15(2)8-4-3-7-12(15)19-13(17-18-14(19)20)11-6-5-9-16-10-11/h5-6,9-10,12H,3-4,7-8H2,1-2H3,(H,18,20). The Morgan fingerprint density at radius 2 is 2.25 bits per heavy atom. The third kappa shape index (κ3) is 2.30. The van der Waals surface area contributed by atoms with Crippen LogP contribution in [0.5, 0.6) is 0 Å². The zero-order valence-corrected chi connectivity index (χ0v) is 12.8. The summed E-state index contributed by atoms with van der Waals surface area (Å²) in [5.41, 5.74) is 1.26. The summed E-state index contributed by atoms with van der Waals surface area (Å²) in [6.45, 7) is 4.66. The second-order valence-electron chi connectivity index (χ2n) is 6.21. The van der Waals surface area contributed by atoms with Gasteiger partial charge in [-0.2, -0.15) is 5.10 Å². The lowest BCUT2D eigenvalue weighted by atomic mass is 9.73. The molecule has 0 saturated heterocycles. The van der Waals surface area contributed by atoms with Gasteiger partial charge in [0.15, 0.2) is 10.6 Å². The molecule has 4 nitrogen and oxygen atoms in total. The molecule has 0 spiro atoms. The predicted molar refractivity (Wildman–Crippen MR) is 81.9 cm³/mol. The highest BCUT2D eigenvalue weighted by molar-refractivity contribution is 7.71. The smallest absolute Gasteiger partial charge is 0.195 e. The van der Waals surface area contributed by atoms with Crippen LogP contribution in [0.2, 0.25) is 0 Å². The maximum Gasteiger partial charge on any atom is 0.195 e. The van der Waals surface area contributed by atoms with Crippen molar-refractivity contribution in [2.45, 2.75) is 45.6 Å². The molecule has 1 aliphatic rings. The van der Waals surface area contributed by atoms with Gasteiger partial charge in [0.05, 0.1) is 0 Å². The number of aromatic amines is 1. The molecule has 3 rings (SSSR count). The Balaban J connectivity index is 2.10. The summed E-state index contributed by atoms with van der Waals surface area (Å²) < 4.78 is 2.91. The van der Waals surface area contributed by atoms with Gasteiger partial charge in [-0.3, -0.25) is 14.6 Å². The Hall–Kier alpha value is -1.49. The number of rotatable bonds is 2. The Kier molecular flexibility index (Phi) is 3.46. The molecular weight excluding hydrogens is 268 g/mol. The third-order valence-corrected chi connectivity index (χ3v) is 4.67. The van der Waals surface area contributed by atoms with E-state index in [1.165, 1.54) is 19.3 Å². The van der Waals surface area contributed by atoms with Crippen LogP contribution in [0.25, 0.3) is 11.4 Å². The van der Waals surface area contributed by atoms with E-state index in [4.69, 9.17) is 12.2 Å². The van der Waals surface area contributed by atoms with Gasteiger partial charge in [-0.1, -0.05) is 26.7 Å². The quantitative estimate of drug-likeness (QED) is 0.845. The molecule has 0 bridgehead atoms. The van der Waals surface area contributed by atoms with E-state index in [0.29, 0.717) is 10.8 Å². The van der Waals surface area contributed by atoms with Gasteiger partial charge in [-0.05, 0) is 42.6 Å². The first-order valence-electron chi connectivity index (χ1n) is 7.17. The summed E-state index contributed by atoms with van der Waals surface area (Å²) in [7, 11) is 0. The molecule has 106 valence electrons. The SMILES string of the molecule is CC1(C)CCCCC1n1c(-c2cccnc2)n[nH]c1=S. The number of pyridine rings is 1. The van der Waals surface area contributed by atoms with Crippen molar-refractivity contribution in [3.05, 3.63) is 29.3 Å². The van der Waals surface area contributed by atoms with Crippen LogP contribution in [0, 0.1) is 10.2 Å². The maximum absolute atomic E-state index is 5.48. The van der Waals surface area contributed by atoms with E-state index in [-0.39, 0.29) is 5.41 Å². The molecule has 1 unspecified atom stereocenters. The van der Waals surface area contributed by atoms with Crippen LogP contribution in [-0.4, -0.2) is 19.7 Å². The van der Waals surface area contributed by atoms with Crippen molar-refractivity contribution >= 4 is 12.2 Å². The number of hydrogen-bond acceptors (Lipinski definition) is 3. The van der Waals surface area contributed by atoms with Gasteiger partial charge in [-0.15, -0.1) is 0 Å². The zero-order chi connectivity index (χ0) is 14.2. The molecule has 20 heavy (non-hydrogen) atoms. The minimum absolute atomic E-state index is 0.247. The van der Waals surface area contributed by atoms with Gasteiger partial charge in [0.1, 0.15) is 0 Å². The minimum atomic E-state index is 0.247. The first kappa shape index (κ1) is 13.5. The molecule has 0 radical (unpaired) electrons.